The van der Waals surface area contributed by atoms with Crippen LogP contribution in [0.25, 0.3) is 0 Å². The molecular weight excluding hydrogens is 316 g/mol. The average molecular weight is 338 g/mol. The largest absolute Gasteiger partial charge is 0.497 e. The lowest BCUT2D eigenvalue weighted by Gasteiger charge is -2.23. The fraction of sp³-hybridized carbons (Fsp3) is 0.300. The van der Waals surface area contributed by atoms with E-state index in [-0.39, 0.29) is 24.5 Å². The molecule has 0 spiro atoms. The normalized spacial score (nSPS) is 11.5. The molecule has 0 saturated heterocycles. The van der Waals surface area contributed by atoms with Crippen LogP contribution in [-0.4, -0.2) is 19.6 Å². The zero-order valence-corrected chi connectivity index (χ0v) is 14.7. The van der Waals surface area contributed by atoms with Gasteiger partial charge in [-0.15, -0.1) is 0 Å². The van der Waals surface area contributed by atoms with Gasteiger partial charge < -0.3 is 14.8 Å². The van der Waals surface area contributed by atoms with Gasteiger partial charge in [0.2, 0.25) is 0 Å². The molecule has 0 fully saturated rings. The molecule has 0 radical (unpaired) electrons. The molecule has 2 rings (SSSR count). The van der Waals surface area contributed by atoms with Crippen molar-refractivity contribution in [2.45, 2.75) is 19.9 Å². The first-order valence-corrected chi connectivity index (χ1v) is 8.09. The Morgan fingerprint density at radius 1 is 1.08 bits per heavy atom. The van der Waals surface area contributed by atoms with Gasteiger partial charge in [0.05, 0.1) is 24.8 Å². The number of rotatable bonds is 7. The quantitative estimate of drug-likeness (QED) is 0.839. The predicted octanol–water partition coefficient (Wildman–Crippen LogP) is 3.46. The number of carbonyl (C=O) groups is 1. The Morgan fingerprint density at radius 2 is 1.68 bits per heavy atom. The number of methoxy groups -OCH3 is 1. The van der Waals surface area contributed by atoms with Crippen LogP contribution in [0.2, 0.25) is 0 Å². The number of nitriles is 1. The molecule has 1 atom stereocenters. The highest BCUT2D eigenvalue weighted by Crippen LogP contribution is 2.24. The molecule has 1 N–H and O–H groups in total. The number of hydrogen-bond acceptors (Lipinski definition) is 4. The van der Waals surface area contributed by atoms with Crippen LogP contribution in [0.1, 0.15) is 31.0 Å². The van der Waals surface area contributed by atoms with Crippen molar-refractivity contribution in [2.75, 3.05) is 13.7 Å². The summed E-state index contributed by atoms with van der Waals surface area (Å²) < 4.78 is 10.6. The van der Waals surface area contributed by atoms with E-state index in [4.69, 9.17) is 14.7 Å². The zero-order valence-electron chi connectivity index (χ0n) is 14.7. The summed E-state index contributed by atoms with van der Waals surface area (Å²) >= 11 is 0. The van der Waals surface area contributed by atoms with Crippen LogP contribution in [0.15, 0.2) is 48.5 Å². The standard InChI is InChI=1S/C20H22N2O3/c1-14(2)20(16-6-10-17(24-3)11-7-16)22-19(23)13-25-18-8-4-15(12-21)5-9-18/h4-11,14,20H,13H2,1-3H3,(H,22,23)/t20-/m1/s1. The number of hydrogen-bond donors (Lipinski definition) is 1. The van der Waals surface area contributed by atoms with Gasteiger partial charge in [0, 0.05) is 0 Å². The molecule has 0 aliphatic heterocycles. The summed E-state index contributed by atoms with van der Waals surface area (Å²) in [5.74, 6) is 1.37. The Bertz CT molecular complexity index is 731. The third-order valence-electron chi connectivity index (χ3n) is 3.81. The molecule has 5 nitrogen and oxygen atoms in total. The molecule has 25 heavy (non-hydrogen) atoms. The van der Waals surface area contributed by atoms with Gasteiger partial charge in [-0.05, 0) is 47.9 Å². The summed E-state index contributed by atoms with van der Waals surface area (Å²) in [5, 5.41) is 11.8. The highest BCUT2D eigenvalue weighted by atomic mass is 16.5. The highest BCUT2D eigenvalue weighted by Gasteiger charge is 2.18. The Morgan fingerprint density at radius 3 is 2.20 bits per heavy atom. The Hall–Kier alpha value is -3.00. The second kappa shape index (κ2) is 8.74. The molecule has 130 valence electrons. The van der Waals surface area contributed by atoms with Gasteiger partial charge >= 0.3 is 0 Å². The molecule has 0 aliphatic rings. The van der Waals surface area contributed by atoms with Crippen LogP contribution in [0.3, 0.4) is 0 Å². The molecule has 0 aromatic heterocycles. The minimum Gasteiger partial charge on any atom is -0.497 e. The summed E-state index contributed by atoms with van der Waals surface area (Å²) in [6.45, 7) is 4.03. The van der Waals surface area contributed by atoms with Crippen molar-refractivity contribution in [2.24, 2.45) is 5.92 Å². The van der Waals surface area contributed by atoms with Gasteiger partial charge in [-0.1, -0.05) is 26.0 Å². The smallest absolute Gasteiger partial charge is 0.258 e. The monoisotopic (exact) mass is 338 g/mol. The van der Waals surface area contributed by atoms with Crippen molar-refractivity contribution in [3.8, 4) is 17.6 Å². The first-order chi connectivity index (χ1) is 12.0. The van der Waals surface area contributed by atoms with E-state index in [9.17, 15) is 4.79 Å². The minimum atomic E-state index is -0.195. The van der Waals surface area contributed by atoms with Crippen molar-refractivity contribution in [1.82, 2.24) is 5.32 Å². The summed E-state index contributed by atoms with van der Waals surface area (Å²) in [6, 6.07) is 16.2. The number of amides is 1. The second-order valence-corrected chi connectivity index (χ2v) is 5.99. The Labute approximate surface area is 148 Å². The first-order valence-electron chi connectivity index (χ1n) is 8.09. The van der Waals surface area contributed by atoms with Crippen LogP contribution in [-0.2, 0) is 4.79 Å². The fourth-order valence-corrected chi connectivity index (χ4v) is 2.44. The maximum absolute atomic E-state index is 12.2. The van der Waals surface area contributed by atoms with Crippen molar-refractivity contribution in [3.63, 3.8) is 0 Å². The lowest BCUT2D eigenvalue weighted by molar-refractivity contribution is -0.124. The van der Waals surface area contributed by atoms with Crippen LogP contribution in [0.4, 0.5) is 0 Å². The molecule has 5 heteroatoms. The molecule has 0 heterocycles. The predicted molar refractivity (Wildman–Crippen MR) is 95.4 cm³/mol. The van der Waals surface area contributed by atoms with E-state index in [0.717, 1.165) is 11.3 Å². The Kier molecular flexibility index (Phi) is 6.41. The number of nitrogens with one attached hydrogen (secondary N) is 1. The van der Waals surface area contributed by atoms with Gasteiger partial charge in [-0.25, -0.2) is 0 Å². The van der Waals surface area contributed by atoms with E-state index in [1.807, 2.05) is 30.3 Å². The van der Waals surface area contributed by atoms with E-state index in [1.165, 1.54) is 0 Å². The molecule has 0 bridgehead atoms. The summed E-state index contributed by atoms with van der Waals surface area (Å²) in [7, 11) is 1.62. The third kappa shape index (κ3) is 5.25. The van der Waals surface area contributed by atoms with E-state index < -0.39 is 0 Å². The van der Waals surface area contributed by atoms with Gasteiger partial charge in [0.1, 0.15) is 11.5 Å². The first kappa shape index (κ1) is 18.3. The minimum absolute atomic E-state index is 0.0781. The van der Waals surface area contributed by atoms with E-state index in [2.05, 4.69) is 19.2 Å². The topological polar surface area (TPSA) is 71.3 Å². The number of carbonyl (C=O) groups excluding carboxylic acids is 1. The van der Waals surface area contributed by atoms with Crippen LogP contribution >= 0.6 is 0 Å². The second-order valence-electron chi connectivity index (χ2n) is 5.99. The SMILES string of the molecule is COc1ccc([C@H](NC(=O)COc2ccc(C#N)cc2)C(C)C)cc1. The lowest BCUT2D eigenvalue weighted by Crippen LogP contribution is -2.35. The van der Waals surface area contributed by atoms with Gasteiger partial charge in [-0.2, -0.15) is 5.26 Å². The number of nitrogens with zero attached hydrogens (tertiary/aromatic N) is 1. The highest BCUT2D eigenvalue weighted by molar-refractivity contribution is 5.78. The molecule has 0 saturated carbocycles. The molecule has 0 unspecified atom stereocenters. The number of benzene rings is 2. The van der Waals surface area contributed by atoms with Crippen LogP contribution < -0.4 is 14.8 Å². The van der Waals surface area contributed by atoms with Crippen molar-refractivity contribution in [3.05, 3.63) is 59.7 Å². The van der Waals surface area contributed by atoms with E-state index in [1.54, 1.807) is 31.4 Å². The maximum Gasteiger partial charge on any atom is 0.258 e. The molecule has 0 aliphatic carbocycles. The molecule has 2 aromatic carbocycles. The van der Waals surface area contributed by atoms with Gasteiger partial charge in [-0.3, -0.25) is 4.79 Å². The zero-order chi connectivity index (χ0) is 18.2. The molecular formula is C20H22N2O3. The fourth-order valence-electron chi connectivity index (χ4n) is 2.44. The van der Waals surface area contributed by atoms with Crippen molar-refractivity contribution < 1.29 is 14.3 Å². The van der Waals surface area contributed by atoms with Crippen LogP contribution in [0, 0.1) is 17.2 Å². The molecule has 1 amide bonds. The Balaban J connectivity index is 1.96. The van der Waals surface area contributed by atoms with E-state index >= 15 is 0 Å². The van der Waals surface area contributed by atoms with Crippen LogP contribution in [0.5, 0.6) is 11.5 Å². The summed E-state index contributed by atoms with van der Waals surface area (Å²) in [4.78, 5) is 12.2. The van der Waals surface area contributed by atoms with E-state index in [0.29, 0.717) is 11.3 Å². The van der Waals surface area contributed by atoms with Crippen molar-refractivity contribution >= 4 is 5.91 Å². The summed E-state index contributed by atoms with van der Waals surface area (Å²) in [5.41, 5.74) is 1.57. The lowest BCUT2D eigenvalue weighted by atomic mass is 9.96. The maximum atomic E-state index is 12.2. The van der Waals surface area contributed by atoms with Crippen molar-refractivity contribution in [1.29, 1.82) is 5.26 Å². The van der Waals surface area contributed by atoms with Gasteiger partial charge in [0.25, 0.3) is 5.91 Å². The molecule has 2 aromatic rings. The van der Waals surface area contributed by atoms with Gasteiger partial charge in [0.15, 0.2) is 6.61 Å². The average Bonchev–Trinajstić information content (AvgIpc) is 2.64. The number of ether oxygens (including phenoxy) is 2. The third-order valence-corrected chi connectivity index (χ3v) is 3.81. The summed E-state index contributed by atoms with van der Waals surface area (Å²) in [6.07, 6.45) is 0.